The van der Waals surface area contributed by atoms with E-state index in [0.717, 1.165) is 36.6 Å². The first-order valence-electron chi connectivity index (χ1n) is 7.08. The summed E-state index contributed by atoms with van der Waals surface area (Å²) in [5, 5.41) is 4.41. The maximum absolute atomic E-state index is 12.2. The van der Waals surface area contributed by atoms with Crippen LogP contribution in [0.3, 0.4) is 0 Å². The van der Waals surface area contributed by atoms with Crippen molar-refractivity contribution in [1.82, 2.24) is 15.2 Å². The number of aromatic nitrogens is 1. The molecule has 1 aromatic heterocycles. The van der Waals surface area contributed by atoms with Gasteiger partial charge in [-0.25, -0.2) is 4.98 Å². The van der Waals surface area contributed by atoms with E-state index < -0.39 is 0 Å². The van der Waals surface area contributed by atoms with Crippen molar-refractivity contribution in [1.29, 1.82) is 0 Å². The van der Waals surface area contributed by atoms with Gasteiger partial charge in [0.2, 0.25) is 5.91 Å². The van der Waals surface area contributed by atoms with E-state index in [-0.39, 0.29) is 5.91 Å². The zero-order valence-electron chi connectivity index (χ0n) is 11.6. The number of nitrogens with one attached hydrogen (secondary N) is 1. The van der Waals surface area contributed by atoms with Crippen LogP contribution in [0, 0.1) is 0 Å². The van der Waals surface area contributed by atoms with Crippen molar-refractivity contribution in [2.24, 2.45) is 0 Å². The fraction of sp³-hybridized carbons (Fsp3) is 0.467. The third-order valence-electron chi connectivity index (χ3n) is 3.61. The normalized spacial score (nSPS) is 19.4. The lowest BCUT2D eigenvalue weighted by atomic mass is 10.2. The van der Waals surface area contributed by atoms with Crippen molar-refractivity contribution in [2.75, 3.05) is 19.6 Å². The van der Waals surface area contributed by atoms with Gasteiger partial charge in [-0.15, -0.1) is 11.3 Å². The number of piperazine rings is 1. The minimum Gasteiger partial charge on any atom is -0.340 e. The Morgan fingerprint density at radius 1 is 1.50 bits per heavy atom. The first-order chi connectivity index (χ1) is 9.72. The van der Waals surface area contributed by atoms with Gasteiger partial charge in [0.1, 0.15) is 0 Å². The SMILES string of the molecule is C[C@@H]1CN(C(=O)CCc2nc3ccccc3s2)CCN1. The summed E-state index contributed by atoms with van der Waals surface area (Å²) in [7, 11) is 0. The number of thiazole rings is 1. The molecule has 1 aliphatic heterocycles. The summed E-state index contributed by atoms with van der Waals surface area (Å²) in [4.78, 5) is 18.8. The fourth-order valence-corrected chi connectivity index (χ4v) is 3.52. The lowest BCUT2D eigenvalue weighted by Crippen LogP contribution is -2.51. The number of benzene rings is 1. The number of amides is 1. The quantitative estimate of drug-likeness (QED) is 0.940. The van der Waals surface area contributed by atoms with Crippen molar-refractivity contribution in [3.8, 4) is 0 Å². The zero-order valence-corrected chi connectivity index (χ0v) is 12.4. The van der Waals surface area contributed by atoms with Crippen molar-refractivity contribution in [3.63, 3.8) is 0 Å². The molecule has 5 heteroatoms. The summed E-state index contributed by atoms with van der Waals surface area (Å²) >= 11 is 1.69. The molecule has 1 aliphatic rings. The van der Waals surface area contributed by atoms with E-state index in [0.29, 0.717) is 12.5 Å². The number of rotatable bonds is 3. The Morgan fingerprint density at radius 3 is 3.15 bits per heavy atom. The molecule has 1 N–H and O–H groups in total. The average Bonchev–Trinajstić information content (AvgIpc) is 2.87. The highest BCUT2D eigenvalue weighted by atomic mass is 32.1. The van der Waals surface area contributed by atoms with Gasteiger partial charge in [0, 0.05) is 38.5 Å². The zero-order chi connectivity index (χ0) is 13.9. The van der Waals surface area contributed by atoms with E-state index in [2.05, 4.69) is 23.3 Å². The molecule has 20 heavy (non-hydrogen) atoms. The highest BCUT2D eigenvalue weighted by Gasteiger charge is 2.20. The number of carbonyl (C=O) groups is 1. The van der Waals surface area contributed by atoms with E-state index in [1.165, 1.54) is 4.70 Å². The summed E-state index contributed by atoms with van der Waals surface area (Å²) in [6.45, 7) is 4.66. The molecule has 0 aliphatic carbocycles. The molecule has 0 unspecified atom stereocenters. The second kappa shape index (κ2) is 5.89. The van der Waals surface area contributed by atoms with Crippen LogP contribution in [0.4, 0.5) is 0 Å². The van der Waals surface area contributed by atoms with E-state index in [1.807, 2.05) is 23.1 Å². The topological polar surface area (TPSA) is 45.2 Å². The van der Waals surface area contributed by atoms with Crippen LogP contribution in [0.1, 0.15) is 18.4 Å². The Bertz CT molecular complexity index is 577. The Labute approximate surface area is 122 Å². The van der Waals surface area contributed by atoms with E-state index in [9.17, 15) is 4.79 Å². The highest BCUT2D eigenvalue weighted by molar-refractivity contribution is 7.18. The van der Waals surface area contributed by atoms with Crippen LogP contribution < -0.4 is 5.32 Å². The van der Waals surface area contributed by atoms with Crippen LogP contribution in [-0.4, -0.2) is 41.5 Å². The van der Waals surface area contributed by atoms with Crippen LogP contribution in [0.2, 0.25) is 0 Å². The summed E-state index contributed by atoms with van der Waals surface area (Å²) in [6, 6.07) is 8.53. The van der Waals surface area contributed by atoms with Crippen LogP contribution in [0.25, 0.3) is 10.2 Å². The van der Waals surface area contributed by atoms with Crippen LogP contribution in [0.15, 0.2) is 24.3 Å². The van der Waals surface area contributed by atoms with Crippen molar-refractivity contribution >= 4 is 27.5 Å². The largest absolute Gasteiger partial charge is 0.340 e. The second-order valence-electron chi connectivity index (χ2n) is 5.27. The van der Waals surface area contributed by atoms with Gasteiger partial charge in [0.25, 0.3) is 0 Å². The van der Waals surface area contributed by atoms with Crippen molar-refractivity contribution in [2.45, 2.75) is 25.8 Å². The molecule has 2 aromatic rings. The molecule has 0 bridgehead atoms. The Hall–Kier alpha value is -1.46. The lowest BCUT2D eigenvalue weighted by Gasteiger charge is -2.31. The van der Waals surface area contributed by atoms with Crippen LogP contribution in [-0.2, 0) is 11.2 Å². The van der Waals surface area contributed by atoms with Gasteiger partial charge in [-0.2, -0.15) is 0 Å². The summed E-state index contributed by atoms with van der Waals surface area (Å²) in [5.41, 5.74) is 1.04. The number of fused-ring (bicyclic) bond motifs is 1. The molecule has 0 saturated carbocycles. The summed E-state index contributed by atoms with van der Waals surface area (Å²) in [6.07, 6.45) is 1.31. The Balaban J connectivity index is 1.59. The molecule has 0 spiro atoms. The molecular formula is C15H19N3OS. The fourth-order valence-electron chi connectivity index (χ4n) is 2.56. The maximum atomic E-state index is 12.2. The van der Waals surface area contributed by atoms with Crippen LogP contribution >= 0.6 is 11.3 Å². The number of hydrogen-bond donors (Lipinski definition) is 1. The highest BCUT2D eigenvalue weighted by Crippen LogP contribution is 2.22. The molecule has 4 nitrogen and oxygen atoms in total. The molecule has 1 aromatic carbocycles. The minimum atomic E-state index is 0.248. The molecule has 1 saturated heterocycles. The molecule has 1 fully saturated rings. The molecule has 1 atom stereocenters. The number of aryl methyl sites for hydroxylation is 1. The Morgan fingerprint density at radius 2 is 2.35 bits per heavy atom. The van der Waals surface area contributed by atoms with Gasteiger partial charge in [-0.3, -0.25) is 4.79 Å². The van der Waals surface area contributed by atoms with E-state index >= 15 is 0 Å². The molecule has 1 amide bonds. The number of para-hydroxylation sites is 1. The average molecular weight is 289 g/mol. The van der Waals surface area contributed by atoms with Gasteiger partial charge in [-0.1, -0.05) is 12.1 Å². The molecule has 2 heterocycles. The number of nitrogens with zero attached hydrogens (tertiary/aromatic N) is 2. The monoisotopic (exact) mass is 289 g/mol. The molecule has 3 rings (SSSR count). The van der Waals surface area contributed by atoms with Crippen LogP contribution in [0.5, 0.6) is 0 Å². The third kappa shape index (κ3) is 2.99. The van der Waals surface area contributed by atoms with E-state index in [4.69, 9.17) is 0 Å². The van der Waals surface area contributed by atoms with Gasteiger partial charge in [-0.05, 0) is 19.1 Å². The van der Waals surface area contributed by atoms with Crippen molar-refractivity contribution in [3.05, 3.63) is 29.3 Å². The predicted molar refractivity (Wildman–Crippen MR) is 82.0 cm³/mol. The molecular weight excluding hydrogens is 270 g/mol. The minimum absolute atomic E-state index is 0.248. The third-order valence-corrected chi connectivity index (χ3v) is 4.71. The first kappa shape index (κ1) is 13.5. The van der Waals surface area contributed by atoms with E-state index in [1.54, 1.807) is 11.3 Å². The van der Waals surface area contributed by atoms with Gasteiger partial charge in [0.15, 0.2) is 0 Å². The Kier molecular flexibility index (Phi) is 3.98. The summed E-state index contributed by atoms with van der Waals surface area (Å²) < 4.78 is 1.20. The predicted octanol–water partition coefficient (Wildman–Crippen LogP) is 2.05. The van der Waals surface area contributed by atoms with Gasteiger partial charge in [0.05, 0.1) is 15.2 Å². The smallest absolute Gasteiger partial charge is 0.223 e. The van der Waals surface area contributed by atoms with Gasteiger partial charge >= 0.3 is 0 Å². The number of carbonyl (C=O) groups excluding carboxylic acids is 1. The standard InChI is InChI=1S/C15H19N3OS/c1-11-10-18(9-8-16-11)15(19)7-6-14-17-12-4-2-3-5-13(12)20-14/h2-5,11,16H,6-10H2,1H3/t11-/m1/s1. The van der Waals surface area contributed by atoms with Crippen molar-refractivity contribution < 1.29 is 4.79 Å². The molecule has 0 radical (unpaired) electrons. The summed E-state index contributed by atoms with van der Waals surface area (Å²) in [5.74, 6) is 0.248. The lowest BCUT2D eigenvalue weighted by molar-refractivity contribution is -0.132. The van der Waals surface area contributed by atoms with Gasteiger partial charge < -0.3 is 10.2 Å². The second-order valence-corrected chi connectivity index (χ2v) is 6.39. The maximum Gasteiger partial charge on any atom is 0.223 e. The molecule has 106 valence electrons. The first-order valence-corrected chi connectivity index (χ1v) is 7.89. The number of hydrogen-bond acceptors (Lipinski definition) is 4.